The quantitative estimate of drug-likeness (QED) is 0.760. The first-order chi connectivity index (χ1) is 7.09. The fraction of sp³-hybridized carbons (Fsp3) is 0.538. The van der Waals surface area contributed by atoms with Gasteiger partial charge in [0, 0.05) is 0 Å². The number of fused-ring (bicyclic) bond motifs is 1. The first-order valence-corrected chi connectivity index (χ1v) is 5.60. The number of hydrogen-bond donors (Lipinski definition) is 1. The van der Waals surface area contributed by atoms with Gasteiger partial charge < -0.3 is 10.1 Å². The summed E-state index contributed by atoms with van der Waals surface area (Å²) >= 11 is 0. The van der Waals surface area contributed by atoms with Gasteiger partial charge in [-0.1, -0.05) is 26.0 Å². The Labute approximate surface area is 91.6 Å². The van der Waals surface area contributed by atoms with E-state index in [1.807, 2.05) is 0 Å². The van der Waals surface area contributed by atoms with E-state index < -0.39 is 0 Å². The summed E-state index contributed by atoms with van der Waals surface area (Å²) in [4.78, 5) is 0. The lowest BCUT2D eigenvalue weighted by atomic mass is 10.0. The van der Waals surface area contributed by atoms with Crippen molar-refractivity contribution in [3.63, 3.8) is 0 Å². The van der Waals surface area contributed by atoms with Crippen LogP contribution in [0.4, 0.5) is 5.69 Å². The molecule has 2 rings (SSSR count). The molecule has 1 aliphatic rings. The van der Waals surface area contributed by atoms with E-state index in [1.54, 1.807) is 0 Å². The highest BCUT2D eigenvalue weighted by Crippen LogP contribution is 2.36. The van der Waals surface area contributed by atoms with E-state index in [0.29, 0.717) is 5.92 Å². The molecule has 0 spiro atoms. The topological polar surface area (TPSA) is 21.3 Å². The first-order valence-electron chi connectivity index (χ1n) is 5.60. The average molecular weight is 205 g/mol. The predicted octanol–water partition coefficient (Wildman–Crippen LogP) is 3.13. The van der Waals surface area contributed by atoms with E-state index in [0.717, 1.165) is 12.3 Å². The summed E-state index contributed by atoms with van der Waals surface area (Å²) in [7, 11) is 0. The fourth-order valence-electron chi connectivity index (χ4n) is 1.92. The maximum Gasteiger partial charge on any atom is 0.146 e. The minimum Gasteiger partial charge on any atom is -0.486 e. The predicted molar refractivity (Wildman–Crippen MR) is 63.7 cm³/mol. The molecule has 1 unspecified atom stereocenters. The summed E-state index contributed by atoms with van der Waals surface area (Å²) in [6, 6.07) is 4.26. The highest BCUT2D eigenvalue weighted by atomic mass is 16.5. The molecule has 0 radical (unpaired) electrons. The Kier molecular flexibility index (Phi) is 2.59. The SMILES string of the molecule is Cc1ccc(C)c2c1NCC(C(C)C)O2. The molecule has 0 fully saturated rings. The molecule has 0 amide bonds. The van der Waals surface area contributed by atoms with Crippen molar-refractivity contribution in [2.24, 2.45) is 5.92 Å². The molecular weight excluding hydrogens is 186 g/mol. The molecule has 1 aliphatic heterocycles. The van der Waals surface area contributed by atoms with Crippen LogP contribution < -0.4 is 10.1 Å². The van der Waals surface area contributed by atoms with Crippen LogP contribution in [0.1, 0.15) is 25.0 Å². The smallest absolute Gasteiger partial charge is 0.146 e. The molecule has 0 aliphatic carbocycles. The number of rotatable bonds is 1. The first kappa shape index (κ1) is 10.3. The molecule has 2 nitrogen and oxygen atoms in total. The van der Waals surface area contributed by atoms with E-state index in [2.05, 4.69) is 45.1 Å². The van der Waals surface area contributed by atoms with Crippen LogP contribution in [0, 0.1) is 19.8 Å². The Balaban J connectivity index is 2.36. The minimum atomic E-state index is 0.290. The zero-order valence-electron chi connectivity index (χ0n) is 9.92. The van der Waals surface area contributed by atoms with Crippen LogP contribution in [-0.4, -0.2) is 12.6 Å². The van der Waals surface area contributed by atoms with Gasteiger partial charge in [-0.15, -0.1) is 0 Å². The Hall–Kier alpha value is -1.18. The van der Waals surface area contributed by atoms with Crippen molar-refractivity contribution in [3.05, 3.63) is 23.3 Å². The van der Waals surface area contributed by atoms with Crippen LogP contribution in [0.25, 0.3) is 0 Å². The van der Waals surface area contributed by atoms with Gasteiger partial charge in [0.2, 0.25) is 0 Å². The van der Waals surface area contributed by atoms with Gasteiger partial charge in [0.1, 0.15) is 11.9 Å². The summed E-state index contributed by atoms with van der Waals surface area (Å²) < 4.78 is 6.04. The zero-order chi connectivity index (χ0) is 11.0. The maximum atomic E-state index is 6.04. The third-order valence-electron chi connectivity index (χ3n) is 3.06. The third kappa shape index (κ3) is 1.81. The summed E-state index contributed by atoms with van der Waals surface area (Å²) in [5.74, 6) is 1.59. The number of hydrogen-bond acceptors (Lipinski definition) is 2. The molecule has 2 heteroatoms. The van der Waals surface area contributed by atoms with Gasteiger partial charge in [-0.3, -0.25) is 0 Å². The molecule has 1 aromatic rings. The van der Waals surface area contributed by atoms with E-state index in [4.69, 9.17) is 4.74 Å². The Morgan fingerprint density at radius 1 is 1.27 bits per heavy atom. The second kappa shape index (κ2) is 3.76. The van der Waals surface area contributed by atoms with Gasteiger partial charge in [-0.25, -0.2) is 0 Å². The van der Waals surface area contributed by atoms with Crippen LogP contribution in [0.5, 0.6) is 5.75 Å². The average Bonchev–Trinajstić information content (AvgIpc) is 2.23. The summed E-state index contributed by atoms with van der Waals surface area (Å²) in [5, 5.41) is 3.48. The molecule has 1 heterocycles. The third-order valence-corrected chi connectivity index (χ3v) is 3.06. The lowest BCUT2D eigenvalue weighted by Crippen LogP contribution is -2.35. The number of benzene rings is 1. The summed E-state index contributed by atoms with van der Waals surface area (Å²) in [5.41, 5.74) is 3.65. The van der Waals surface area contributed by atoms with Gasteiger partial charge in [-0.2, -0.15) is 0 Å². The van der Waals surface area contributed by atoms with Gasteiger partial charge in [0.15, 0.2) is 0 Å². The van der Waals surface area contributed by atoms with Gasteiger partial charge in [0.05, 0.1) is 12.2 Å². The van der Waals surface area contributed by atoms with Gasteiger partial charge >= 0.3 is 0 Å². The van der Waals surface area contributed by atoms with Crippen molar-refractivity contribution in [2.75, 3.05) is 11.9 Å². The largest absolute Gasteiger partial charge is 0.486 e. The standard InChI is InChI=1S/C13H19NO/c1-8(2)11-7-14-12-9(3)5-6-10(4)13(12)15-11/h5-6,8,11,14H,7H2,1-4H3. The second-order valence-corrected chi connectivity index (χ2v) is 4.68. The van der Waals surface area contributed by atoms with Crippen molar-refractivity contribution in [1.82, 2.24) is 0 Å². The summed E-state index contributed by atoms with van der Waals surface area (Å²) in [6.45, 7) is 9.52. The second-order valence-electron chi connectivity index (χ2n) is 4.68. The van der Waals surface area contributed by atoms with Crippen molar-refractivity contribution in [3.8, 4) is 5.75 Å². The highest BCUT2D eigenvalue weighted by molar-refractivity contribution is 5.66. The molecular formula is C13H19NO. The Bertz CT molecular complexity index is 371. The summed E-state index contributed by atoms with van der Waals surface area (Å²) in [6.07, 6.45) is 0.290. The molecule has 0 bridgehead atoms. The lowest BCUT2D eigenvalue weighted by molar-refractivity contribution is 0.155. The molecule has 0 saturated heterocycles. The molecule has 1 aromatic carbocycles. The van der Waals surface area contributed by atoms with E-state index in [1.165, 1.54) is 16.8 Å². The molecule has 0 aromatic heterocycles. The van der Waals surface area contributed by atoms with Crippen molar-refractivity contribution in [2.45, 2.75) is 33.8 Å². The lowest BCUT2D eigenvalue weighted by Gasteiger charge is -2.31. The monoisotopic (exact) mass is 205 g/mol. The molecule has 1 N–H and O–H groups in total. The minimum absolute atomic E-state index is 0.290. The maximum absolute atomic E-state index is 6.04. The van der Waals surface area contributed by atoms with Crippen LogP contribution in [-0.2, 0) is 0 Å². The van der Waals surface area contributed by atoms with Crippen LogP contribution in [0.3, 0.4) is 0 Å². The normalized spacial score (nSPS) is 19.4. The van der Waals surface area contributed by atoms with E-state index in [9.17, 15) is 0 Å². The van der Waals surface area contributed by atoms with Crippen molar-refractivity contribution < 1.29 is 4.74 Å². The number of nitrogens with one attached hydrogen (secondary N) is 1. The highest BCUT2D eigenvalue weighted by Gasteiger charge is 2.24. The van der Waals surface area contributed by atoms with Crippen LogP contribution in [0.15, 0.2) is 12.1 Å². The van der Waals surface area contributed by atoms with Crippen LogP contribution >= 0.6 is 0 Å². The Morgan fingerprint density at radius 2 is 1.93 bits per heavy atom. The number of anilines is 1. The van der Waals surface area contributed by atoms with Gasteiger partial charge in [-0.05, 0) is 30.9 Å². The van der Waals surface area contributed by atoms with Crippen molar-refractivity contribution in [1.29, 1.82) is 0 Å². The zero-order valence-corrected chi connectivity index (χ0v) is 9.92. The van der Waals surface area contributed by atoms with Gasteiger partial charge in [0.25, 0.3) is 0 Å². The van der Waals surface area contributed by atoms with E-state index in [-0.39, 0.29) is 6.10 Å². The molecule has 1 atom stereocenters. The molecule has 15 heavy (non-hydrogen) atoms. The number of aryl methyl sites for hydroxylation is 2. The van der Waals surface area contributed by atoms with E-state index >= 15 is 0 Å². The van der Waals surface area contributed by atoms with Crippen molar-refractivity contribution >= 4 is 5.69 Å². The molecule has 0 saturated carbocycles. The fourth-order valence-corrected chi connectivity index (χ4v) is 1.92. The van der Waals surface area contributed by atoms with Crippen LogP contribution in [0.2, 0.25) is 0 Å². The number of ether oxygens (including phenoxy) is 1. The Morgan fingerprint density at radius 3 is 2.60 bits per heavy atom. The molecule has 82 valence electrons.